The normalized spacial score (nSPS) is 11.1. The highest BCUT2D eigenvalue weighted by Gasteiger charge is 2.12. The van der Waals surface area contributed by atoms with E-state index in [0.717, 1.165) is 15.0 Å². The van der Waals surface area contributed by atoms with Gasteiger partial charge < -0.3 is 14.8 Å². The number of hydrogen-bond donors (Lipinski definition) is 1. The van der Waals surface area contributed by atoms with Crippen molar-refractivity contribution in [3.63, 3.8) is 0 Å². The predicted molar refractivity (Wildman–Crippen MR) is 87.0 cm³/mol. The predicted octanol–water partition coefficient (Wildman–Crippen LogP) is 2.72. The van der Waals surface area contributed by atoms with Crippen molar-refractivity contribution >= 4 is 33.4 Å². The SMILES string of the molecule is CO/C=C(\NCc1nc(-c2ccc(Br)cc2)ns1)C(=O)OC. The van der Waals surface area contributed by atoms with Crippen LogP contribution in [0, 0.1) is 0 Å². The van der Waals surface area contributed by atoms with Gasteiger partial charge in [-0.25, -0.2) is 9.78 Å². The average Bonchev–Trinajstić information content (AvgIpc) is 3.00. The van der Waals surface area contributed by atoms with Gasteiger partial charge in [-0.05, 0) is 23.7 Å². The fourth-order valence-electron chi connectivity index (χ4n) is 1.60. The first kappa shape index (κ1) is 16.4. The summed E-state index contributed by atoms with van der Waals surface area (Å²) in [5, 5.41) is 3.68. The second-order valence-electron chi connectivity index (χ2n) is 4.13. The Bertz CT molecular complexity index is 670. The van der Waals surface area contributed by atoms with E-state index in [2.05, 4.69) is 35.3 Å². The summed E-state index contributed by atoms with van der Waals surface area (Å²) in [5.74, 6) is 0.157. The molecule has 0 saturated heterocycles. The maximum atomic E-state index is 11.5. The molecule has 0 unspecified atom stereocenters. The molecule has 0 spiro atoms. The van der Waals surface area contributed by atoms with Crippen molar-refractivity contribution in [1.29, 1.82) is 0 Å². The molecule has 0 atom stereocenters. The van der Waals surface area contributed by atoms with Crippen LogP contribution in [0.25, 0.3) is 11.4 Å². The van der Waals surface area contributed by atoms with Crippen LogP contribution < -0.4 is 5.32 Å². The molecule has 22 heavy (non-hydrogen) atoms. The molecule has 0 bridgehead atoms. The Labute approximate surface area is 140 Å². The Morgan fingerprint density at radius 1 is 1.36 bits per heavy atom. The molecule has 1 aromatic carbocycles. The topological polar surface area (TPSA) is 73.3 Å². The minimum Gasteiger partial charge on any atom is -0.502 e. The highest BCUT2D eigenvalue weighted by molar-refractivity contribution is 9.10. The molecule has 2 rings (SSSR count). The number of carbonyl (C=O) groups excluding carboxylic acids is 1. The molecule has 1 aromatic heterocycles. The van der Waals surface area contributed by atoms with Gasteiger partial charge in [-0.1, -0.05) is 28.1 Å². The van der Waals surface area contributed by atoms with Crippen LogP contribution in [-0.4, -0.2) is 29.5 Å². The number of halogens is 1. The lowest BCUT2D eigenvalue weighted by atomic mass is 10.2. The highest BCUT2D eigenvalue weighted by atomic mass is 79.9. The van der Waals surface area contributed by atoms with E-state index in [-0.39, 0.29) is 5.70 Å². The molecule has 8 heteroatoms. The average molecular weight is 384 g/mol. The second-order valence-corrected chi connectivity index (χ2v) is 5.88. The summed E-state index contributed by atoms with van der Waals surface area (Å²) in [6, 6.07) is 7.75. The summed E-state index contributed by atoms with van der Waals surface area (Å²) in [6.07, 6.45) is 1.29. The van der Waals surface area contributed by atoms with E-state index in [0.29, 0.717) is 12.4 Å². The van der Waals surface area contributed by atoms with E-state index in [1.54, 1.807) is 0 Å². The fraction of sp³-hybridized carbons (Fsp3) is 0.214. The van der Waals surface area contributed by atoms with Crippen molar-refractivity contribution < 1.29 is 14.3 Å². The van der Waals surface area contributed by atoms with Crippen LogP contribution in [0.5, 0.6) is 0 Å². The number of esters is 1. The Hall–Kier alpha value is -1.93. The largest absolute Gasteiger partial charge is 0.502 e. The van der Waals surface area contributed by atoms with E-state index in [1.807, 2.05) is 24.3 Å². The maximum Gasteiger partial charge on any atom is 0.357 e. The third-order valence-electron chi connectivity index (χ3n) is 2.64. The van der Waals surface area contributed by atoms with Gasteiger partial charge >= 0.3 is 5.97 Å². The van der Waals surface area contributed by atoms with Crippen LogP contribution >= 0.6 is 27.5 Å². The highest BCUT2D eigenvalue weighted by Crippen LogP contribution is 2.20. The molecule has 0 saturated carbocycles. The molecule has 0 aliphatic rings. The van der Waals surface area contributed by atoms with Gasteiger partial charge in [0.25, 0.3) is 0 Å². The molecule has 0 fully saturated rings. The molecule has 0 amide bonds. The standard InChI is InChI=1S/C14H14BrN3O3S/c1-20-8-11(14(19)21-2)16-7-12-17-13(18-22-12)9-3-5-10(15)6-4-9/h3-6,8,16H,7H2,1-2H3/b11-8-. The van der Waals surface area contributed by atoms with Gasteiger partial charge in [-0.15, -0.1) is 0 Å². The molecular weight excluding hydrogens is 370 g/mol. The van der Waals surface area contributed by atoms with E-state index >= 15 is 0 Å². The molecule has 0 aliphatic carbocycles. The molecule has 1 heterocycles. The number of hydrogen-bond acceptors (Lipinski definition) is 7. The minimum atomic E-state index is -0.500. The van der Waals surface area contributed by atoms with E-state index in [1.165, 1.54) is 32.0 Å². The van der Waals surface area contributed by atoms with Gasteiger partial charge in [0.1, 0.15) is 11.3 Å². The quantitative estimate of drug-likeness (QED) is 0.469. The summed E-state index contributed by atoms with van der Waals surface area (Å²) in [6.45, 7) is 0.360. The fourth-order valence-corrected chi connectivity index (χ4v) is 2.47. The van der Waals surface area contributed by atoms with Crippen molar-refractivity contribution in [3.8, 4) is 11.4 Å². The zero-order valence-electron chi connectivity index (χ0n) is 12.0. The zero-order chi connectivity index (χ0) is 15.9. The summed E-state index contributed by atoms with van der Waals surface area (Å²) in [5.41, 5.74) is 1.16. The molecule has 0 aliphatic heterocycles. The van der Waals surface area contributed by atoms with Crippen molar-refractivity contribution in [2.24, 2.45) is 0 Å². The summed E-state index contributed by atoms with van der Waals surface area (Å²) >= 11 is 4.66. The van der Waals surface area contributed by atoms with Crippen molar-refractivity contribution in [1.82, 2.24) is 14.7 Å². The Morgan fingerprint density at radius 3 is 2.73 bits per heavy atom. The minimum absolute atomic E-state index is 0.227. The molecule has 6 nitrogen and oxygen atoms in total. The number of ether oxygens (including phenoxy) is 2. The van der Waals surface area contributed by atoms with Crippen LogP contribution in [0.15, 0.2) is 40.7 Å². The molecule has 1 N–H and O–H groups in total. The van der Waals surface area contributed by atoms with Crippen LogP contribution in [-0.2, 0) is 20.8 Å². The van der Waals surface area contributed by atoms with Crippen molar-refractivity contribution in [2.75, 3.05) is 14.2 Å². The summed E-state index contributed by atoms with van der Waals surface area (Å²) in [4.78, 5) is 15.9. The number of nitrogens with one attached hydrogen (secondary N) is 1. The van der Waals surface area contributed by atoms with Gasteiger partial charge in [0.05, 0.1) is 20.8 Å². The number of rotatable bonds is 6. The smallest absolute Gasteiger partial charge is 0.357 e. The zero-order valence-corrected chi connectivity index (χ0v) is 14.4. The molecule has 116 valence electrons. The van der Waals surface area contributed by atoms with Crippen LogP contribution in [0.3, 0.4) is 0 Å². The first-order valence-electron chi connectivity index (χ1n) is 6.27. The van der Waals surface area contributed by atoms with Gasteiger partial charge in [0.2, 0.25) is 0 Å². The van der Waals surface area contributed by atoms with E-state index in [4.69, 9.17) is 4.74 Å². The van der Waals surface area contributed by atoms with Crippen LogP contribution in [0.4, 0.5) is 0 Å². The third kappa shape index (κ3) is 4.28. The van der Waals surface area contributed by atoms with Crippen molar-refractivity contribution in [3.05, 3.63) is 45.7 Å². The van der Waals surface area contributed by atoms with Crippen LogP contribution in [0.1, 0.15) is 5.01 Å². The number of benzene rings is 1. The van der Waals surface area contributed by atoms with Gasteiger partial charge in [-0.3, -0.25) is 0 Å². The second kappa shape index (κ2) is 7.90. The number of nitrogens with zero attached hydrogens (tertiary/aromatic N) is 2. The lowest BCUT2D eigenvalue weighted by Gasteiger charge is -2.06. The van der Waals surface area contributed by atoms with E-state index in [9.17, 15) is 4.79 Å². The third-order valence-corrected chi connectivity index (χ3v) is 3.88. The van der Waals surface area contributed by atoms with Gasteiger partial charge in [0, 0.05) is 10.0 Å². The summed E-state index contributed by atoms with van der Waals surface area (Å²) in [7, 11) is 2.77. The Kier molecular flexibility index (Phi) is 5.91. The molecule has 0 radical (unpaired) electrons. The summed E-state index contributed by atoms with van der Waals surface area (Å²) < 4.78 is 14.8. The van der Waals surface area contributed by atoms with Gasteiger partial charge in [0.15, 0.2) is 11.5 Å². The number of methoxy groups -OCH3 is 2. The van der Waals surface area contributed by atoms with Crippen LogP contribution in [0.2, 0.25) is 0 Å². The Morgan fingerprint density at radius 2 is 2.09 bits per heavy atom. The van der Waals surface area contributed by atoms with Gasteiger partial charge in [-0.2, -0.15) is 4.37 Å². The number of carbonyl (C=O) groups is 1. The van der Waals surface area contributed by atoms with E-state index < -0.39 is 5.97 Å². The molecule has 2 aromatic rings. The maximum absolute atomic E-state index is 11.5. The lowest BCUT2D eigenvalue weighted by Crippen LogP contribution is -2.21. The first-order chi connectivity index (χ1) is 10.6. The molecular formula is C14H14BrN3O3S. The lowest BCUT2D eigenvalue weighted by molar-refractivity contribution is -0.136. The first-order valence-corrected chi connectivity index (χ1v) is 7.84. The van der Waals surface area contributed by atoms with Crippen molar-refractivity contribution in [2.45, 2.75) is 6.54 Å². The Balaban J connectivity index is 2.04. The number of aromatic nitrogens is 2. The monoisotopic (exact) mass is 383 g/mol.